The average molecular weight is 305 g/mol. The summed E-state index contributed by atoms with van der Waals surface area (Å²) >= 11 is 0. The van der Waals surface area contributed by atoms with E-state index in [0.29, 0.717) is 0 Å². The molecule has 0 aliphatic carbocycles. The Bertz CT molecular complexity index is 411. The molecule has 1 rings (SSSR count). The van der Waals surface area contributed by atoms with Crippen molar-refractivity contribution in [3.63, 3.8) is 0 Å². The van der Waals surface area contributed by atoms with Gasteiger partial charge in [-0.3, -0.25) is 0 Å². The van der Waals surface area contributed by atoms with Crippen molar-refractivity contribution in [2.45, 2.75) is 71.3 Å². The lowest BCUT2D eigenvalue weighted by molar-refractivity contribution is -0.255. The van der Waals surface area contributed by atoms with Gasteiger partial charge in [-0.05, 0) is 24.5 Å². The number of ether oxygens (including phenoxy) is 1. The van der Waals surface area contributed by atoms with Crippen LogP contribution in [0.15, 0.2) is 24.3 Å². The number of carboxylic acid groups (broad SMARTS) is 1. The zero-order valence-electron chi connectivity index (χ0n) is 14.0. The normalized spacial score (nSPS) is 12.3. The zero-order chi connectivity index (χ0) is 16.2. The molecule has 124 valence electrons. The molecular formula is C19H29O3-. The molecule has 3 nitrogen and oxygen atoms in total. The van der Waals surface area contributed by atoms with Gasteiger partial charge in [-0.2, -0.15) is 0 Å². The predicted molar refractivity (Wildman–Crippen MR) is 87.7 cm³/mol. The van der Waals surface area contributed by atoms with Crippen molar-refractivity contribution in [1.82, 2.24) is 0 Å². The highest BCUT2D eigenvalue weighted by Gasteiger charge is 2.05. The number of hydrogen-bond donors (Lipinski definition) is 0. The fourth-order valence-electron chi connectivity index (χ4n) is 2.48. The van der Waals surface area contributed by atoms with Crippen LogP contribution in [-0.4, -0.2) is 12.6 Å². The number of hydrogen-bond acceptors (Lipinski definition) is 3. The van der Waals surface area contributed by atoms with Crippen molar-refractivity contribution in [3.8, 4) is 0 Å². The van der Waals surface area contributed by atoms with Gasteiger partial charge < -0.3 is 14.6 Å². The van der Waals surface area contributed by atoms with Gasteiger partial charge in [0, 0.05) is 6.61 Å². The molecule has 0 aliphatic rings. The van der Waals surface area contributed by atoms with Gasteiger partial charge >= 0.3 is 0 Å². The summed E-state index contributed by atoms with van der Waals surface area (Å²) in [7, 11) is 0. The first-order valence-electron chi connectivity index (χ1n) is 8.58. The number of benzene rings is 1. The van der Waals surface area contributed by atoms with Gasteiger partial charge in [-0.15, -0.1) is 0 Å². The van der Waals surface area contributed by atoms with Gasteiger partial charge in [0.2, 0.25) is 0 Å². The quantitative estimate of drug-likeness (QED) is 0.542. The van der Waals surface area contributed by atoms with Crippen molar-refractivity contribution >= 4 is 5.97 Å². The van der Waals surface area contributed by atoms with Crippen molar-refractivity contribution in [1.29, 1.82) is 0 Å². The van der Waals surface area contributed by atoms with Crippen LogP contribution < -0.4 is 5.11 Å². The van der Waals surface area contributed by atoms with Crippen molar-refractivity contribution in [3.05, 3.63) is 35.4 Å². The highest BCUT2D eigenvalue weighted by molar-refractivity contribution is 5.85. The van der Waals surface area contributed by atoms with Gasteiger partial charge in [0.1, 0.15) is 0 Å². The first kappa shape index (κ1) is 18.7. The Morgan fingerprint density at radius 1 is 1.00 bits per heavy atom. The third-order valence-electron chi connectivity index (χ3n) is 3.98. The van der Waals surface area contributed by atoms with E-state index in [9.17, 15) is 9.90 Å². The molecule has 0 aromatic heterocycles. The lowest BCUT2D eigenvalue weighted by Gasteiger charge is -2.14. The fraction of sp³-hybridized carbons (Fsp3) is 0.632. The SMILES string of the molecule is CCCCCCCCCCOC(C)c1ccc(C(=O)[O-])cc1. The Labute approximate surface area is 134 Å². The van der Waals surface area contributed by atoms with Gasteiger partial charge in [-0.1, -0.05) is 76.1 Å². The molecule has 1 aromatic carbocycles. The van der Waals surface area contributed by atoms with Crippen LogP contribution in [0.4, 0.5) is 0 Å². The van der Waals surface area contributed by atoms with E-state index in [1.165, 1.54) is 44.9 Å². The summed E-state index contributed by atoms with van der Waals surface area (Å²) < 4.78 is 5.81. The second-order valence-corrected chi connectivity index (χ2v) is 5.90. The van der Waals surface area contributed by atoms with E-state index in [2.05, 4.69) is 6.92 Å². The number of carboxylic acids is 1. The molecule has 0 spiro atoms. The lowest BCUT2D eigenvalue weighted by Crippen LogP contribution is -2.22. The molecule has 22 heavy (non-hydrogen) atoms. The molecule has 0 fully saturated rings. The molecule has 0 heterocycles. The molecule has 1 atom stereocenters. The maximum atomic E-state index is 10.7. The molecule has 0 bridgehead atoms. The van der Waals surface area contributed by atoms with E-state index >= 15 is 0 Å². The molecule has 0 radical (unpaired) electrons. The second-order valence-electron chi connectivity index (χ2n) is 5.90. The summed E-state index contributed by atoms with van der Waals surface area (Å²) in [5, 5.41) is 10.7. The maximum Gasteiger partial charge on any atom is 0.0796 e. The zero-order valence-corrected chi connectivity index (χ0v) is 14.0. The molecule has 1 aromatic rings. The van der Waals surface area contributed by atoms with E-state index in [1.807, 2.05) is 6.92 Å². The summed E-state index contributed by atoms with van der Waals surface area (Å²) in [6, 6.07) is 6.73. The Balaban J connectivity index is 2.10. The van der Waals surface area contributed by atoms with Crippen LogP contribution in [0.5, 0.6) is 0 Å². The van der Waals surface area contributed by atoms with Crippen molar-refractivity contribution in [2.75, 3.05) is 6.61 Å². The topological polar surface area (TPSA) is 49.4 Å². The monoisotopic (exact) mass is 305 g/mol. The average Bonchev–Trinajstić information content (AvgIpc) is 2.53. The summed E-state index contributed by atoms with van der Waals surface area (Å²) in [6.45, 7) is 5.00. The lowest BCUT2D eigenvalue weighted by atomic mass is 10.1. The van der Waals surface area contributed by atoms with Gasteiger partial charge in [0.15, 0.2) is 0 Å². The summed E-state index contributed by atoms with van der Waals surface area (Å²) in [6.07, 6.45) is 10.3. The molecule has 0 saturated heterocycles. The first-order valence-corrected chi connectivity index (χ1v) is 8.58. The third kappa shape index (κ3) is 7.60. The third-order valence-corrected chi connectivity index (χ3v) is 3.98. The van der Waals surface area contributed by atoms with Crippen LogP contribution in [-0.2, 0) is 4.74 Å². The standard InChI is InChI=1S/C19H30O3/c1-3-4-5-6-7-8-9-10-15-22-16(2)17-11-13-18(14-12-17)19(20)21/h11-14,16H,3-10,15H2,1-2H3,(H,20,21)/p-1. The molecule has 3 heteroatoms. The van der Waals surface area contributed by atoms with Crippen LogP contribution in [0.3, 0.4) is 0 Å². The van der Waals surface area contributed by atoms with E-state index in [-0.39, 0.29) is 11.7 Å². The molecule has 0 saturated carbocycles. The first-order chi connectivity index (χ1) is 10.6. The number of unbranched alkanes of at least 4 members (excludes halogenated alkanes) is 7. The highest BCUT2D eigenvalue weighted by atomic mass is 16.5. The minimum absolute atomic E-state index is 0.000332. The Morgan fingerprint density at radius 2 is 1.55 bits per heavy atom. The largest absolute Gasteiger partial charge is 0.545 e. The van der Waals surface area contributed by atoms with Crippen molar-refractivity contribution in [2.24, 2.45) is 0 Å². The maximum absolute atomic E-state index is 10.7. The van der Waals surface area contributed by atoms with E-state index in [0.717, 1.165) is 18.6 Å². The number of aromatic carboxylic acids is 1. The Hall–Kier alpha value is -1.35. The molecule has 1 unspecified atom stereocenters. The predicted octanol–water partition coefficient (Wildman–Crippen LogP) is 4.27. The second kappa shape index (κ2) is 11.2. The highest BCUT2D eigenvalue weighted by Crippen LogP contribution is 2.18. The number of rotatable bonds is 12. The molecular weight excluding hydrogens is 276 g/mol. The van der Waals surface area contributed by atoms with E-state index in [4.69, 9.17) is 4.74 Å². The van der Waals surface area contributed by atoms with E-state index in [1.54, 1.807) is 24.3 Å². The molecule has 0 N–H and O–H groups in total. The minimum atomic E-state index is -1.14. The van der Waals surface area contributed by atoms with Crippen LogP contribution in [0.1, 0.15) is 87.2 Å². The fourth-order valence-corrected chi connectivity index (χ4v) is 2.48. The van der Waals surface area contributed by atoms with Gasteiger partial charge in [0.25, 0.3) is 0 Å². The van der Waals surface area contributed by atoms with Gasteiger partial charge in [0.05, 0.1) is 12.1 Å². The summed E-state index contributed by atoms with van der Waals surface area (Å²) in [5.74, 6) is -1.14. The summed E-state index contributed by atoms with van der Waals surface area (Å²) in [4.78, 5) is 10.7. The summed E-state index contributed by atoms with van der Waals surface area (Å²) in [5.41, 5.74) is 1.21. The molecule has 0 amide bonds. The van der Waals surface area contributed by atoms with Crippen LogP contribution in [0.25, 0.3) is 0 Å². The number of carbonyl (C=O) groups is 1. The van der Waals surface area contributed by atoms with Crippen molar-refractivity contribution < 1.29 is 14.6 Å². The minimum Gasteiger partial charge on any atom is -0.545 e. The van der Waals surface area contributed by atoms with Crippen LogP contribution in [0.2, 0.25) is 0 Å². The smallest absolute Gasteiger partial charge is 0.0796 e. The van der Waals surface area contributed by atoms with Crippen LogP contribution >= 0.6 is 0 Å². The van der Waals surface area contributed by atoms with Gasteiger partial charge in [-0.25, -0.2) is 0 Å². The Morgan fingerprint density at radius 3 is 2.09 bits per heavy atom. The van der Waals surface area contributed by atoms with E-state index < -0.39 is 5.97 Å². The van der Waals surface area contributed by atoms with Crippen LogP contribution in [0, 0.1) is 0 Å². The molecule has 0 aliphatic heterocycles. The number of carbonyl (C=O) groups excluding carboxylic acids is 1. The Kier molecular flexibility index (Phi) is 9.56.